The quantitative estimate of drug-likeness (QED) is 0.798. The van der Waals surface area contributed by atoms with E-state index in [4.69, 9.17) is 0 Å². The first-order valence-corrected chi connectivity index (χ1v) is 5.74. The third-order valence-electron chi connectivity index (χ3n) is 2.49. The Morgan fingerprint density at radius 3 is 2.32 bits per heavy atom. The molecule has 2 rings (SSSR count). The summed E-state index contributed by atoms with van der Waals surface area (Å²) in [5.41, 5.74) is 6.55. The fourth-order valence-electron chi connectivity index (χ4n) is 1.54. The molecule has 0 unspecified atom stereocenters. The van der Waals surface area contributed by atoms with Crippen molar-refractivity contribution in [2.45, 2.75) is 6.92 Å². The summed E-state index contributed by atoms with van der Waals surface area (Å²) in [4.78, 5) is 27.3. The van der Waals surface area contributed by atoms with Crippen molar-refractivity contribution in [1.29, 1.82) is 0 Å². The molecule has 2 N–H and O–H groups in total. The van der Waals surface area contributed by atoms with E-state index in [1.165, 1.54) is 6.20 Å². The van der Waals surface area contributed by atoms with E-state index >= 15 is 0 Å². The van der Waals surface area contributed by atoms with Crippen LogP contribution in [0.3, 0.4) is 0 Å². The number of hydrogen-bond acceptors (Lipinski definition) is 3. The van der Waals surface area contributed by atoms with E-state index in [9.17, 15) is 9.59 Å². The molecule has 0 atom stereocenters. The number of nitrogens with one attached hydrogen (secondary N) is 2. The van der Waals surface area contributed by atoms with Crippen molar-refractivity contribution >= 4 is 11.8 Å². The molecule has 1 aromatic carbocycles. The zero-order valence-electron chi connectivity index (χ0n) is 10.4. The molecule has 1 aromatic heterocycles. The number of nitrogens with zero attached hydrogens (tertiary/aromatic N) is 1. The maximum atomic E-state index is 11.8. The second kappa shape index (κ2) is 5.77. The van der Waals surface area contributed by atoms with Crippen molar-refractivity contribution in [2.24, 2.45) is 0 Å². The average molecular weight is 255 g/mol. The number of rotatable bonds is 2. The SMILES string of the molecule is Cc1cccc(C(=O)NNC(=O)c2cccnc2)c1. The summed E-state index contributed by atoms with van der Waals surface area (Å²) in [6, 6.07) is 10.4. The lowest BCUT2D eigenvalue weighted by molar-refractivity contribution is 0.0846. The van der Waals surface area contributed by atoms with Crippen molar-refractivity contribution in [1.82, 2.24) is 15.8 Å². The van der Waals surface area contributed by atoms with Gasteiger partial charge in [0.2, 0.25) is 0 Å². The van der Waals surface area contributed by atoms with Crippen LogP contribution in [0, 0.1) is 6.92 Å². The van der Waals surface area contributed by atoms with Gasteiger partial charge in [-0.1, -0.05) is 17.7 Å². The molecule has 2 amide bonds. The van der Waals surface area contributed by atoms with E-state index in [0.29, 0.717) is 11.1 Å². The van der Waals surface area contributed by atoms with Crippen LogP contribution in [-0.4, -0.2) is 16.8 Å². The van der Waals surface area contributed by atoms with Gasteiger partial charge in [0.25, 0.3) is 11.8 Å². The van der Waals surface area contributed by atoms with Gasteiger partial charge in [-0.2, -0.15) is 0 Å². The third kappa shape index (κ3) is 3.38. The Bertz CT molecular complexity index is 597. The zero-order chi connectivity index (χ0) is 13.7. The van der Waals surface area contributed by atoms with Crippen LogP contribution in [0.1, 0.15) is 26.3 Å². The van der Waals surface area contributed by atoms with Crippen LogP contribution in [0.5, 0.6) is 0 Å². The number of aryl methyl sites for hydroxylation is 1. The molecule has 5 nitrogen and oxygen atoms in total. The lowest BCUT2D eigenvalue weighted by Gasteiger charge is -2.07. The van der Waals surface area contributed by atoms with Crippen LogP contribution >= 0.6 is 0 Å². The standard InChI is InChI=1S/C14H13N3O2/c1-10-4-2-5-11(8-10)13(18)16-17-14(19)12-6-3-7-15-9-12/h2-9H,1H3,(H,16,18)(H,17,19). The average Bonchev–Trinajstić information content (AvgIpc) is 2.45. The van der Waals surface area contributed by atoms with Crippen molar-refractivity contribution in [3.63, 3.8) is 0 Å². The number of aromatic nitrogens is 1. The number of amides is 2. The molecule has 96 valence electrons. The molecule has 0 aliphatic carbocycles. The molecule has 0 bridgehead atoms. The number of hydrogen-bond donors (Lipinski definition) is 2. The molecule has 0 fully saturated rings. The highest BCUT2D eigenvalue weighted by Gasteiger charge is 2.08. The van der Waals surface area contributed by atoms with Gasteiger partial charge in [0.05, 0.1) is 5.56 Å². The Hall–Kier alpha value is -2.69. The molecule has 2 aromatic rings. The van der Waals surface area contributed by atoms with E-state index in [1.807, 2.05) is 13.0 Å². The van der Waals surface area contributed by atoms with Crippen molar-refractivity contribution < 1.29 is 9.59 Å². The maximum absolute atomic E-state index is 11.8. The molecule has 1 heterocycles. The van der Waals surface area contributed by atoms with Gasteiger partial charge in [0, 0.05) is 18.0 Å². The fraction of sp³-hybridized carbons (Fsp3) is 0.0714. The number of pyridine rings is 1. The summed E-state index contributed by atoms with van der Waals surface area (Å²) in [7, 11) is 0. The minimum absolute atomic E-state index is 0.360. The molecule has 0 saturated heterocycles. The van der Waals surface area contributed by atoms with E-state index < -0.39 is 5.91 Å². The molecular weight excluding hydrogens is 242 g/mol. The first-order chi connectivity index (χ1) is 9.16. The third-order valence-corrected chi connectivity index (χ3v) is 2.49. The van der Waals surface area contributed by atoms with Gasteiger partial charge in [-0.05, 0) is 31.2 Å². The highest BCUT2D eigenvalue weighted by molar-refractivity contribution is 5.98. The van der Waals surface area contributed by atoms with Crippen LogP contribution in [0.15, 0.2) is 48.8 Å². The van der Waals surface area contributed by atoms with Crippen LogP contribution in [0.4, 0.5) is 0 Å². The number of carbonyl (C=O) groups excluding carboxylic acids is 2. The Labute approximate surface area is 110 Å². The van der Waals surface area contributed by atoms with Crippen LogP contribution in [0.25, 0.3) is 0 Å². The molecule has 0 aliphatic heterocycles. The summed E-state index contributed by atoms with van der Waals surface area (Å²) < 4.78 is 0. The predicted molar refractivity (Wildman–Crippen MR) is 70.3 cm³/mol. The van der Waals surface area contributed by atoms with Crippen LogP contribution in [0.2, 0.25) is 0 Å². The second-order valence-electron chi connectivity index (χ2n) is 4.02. The Balaban J connectivity index is 1.96. The smallest absolute Gasteiger partial charge is 0.267 e. The van der Waals surface area contributed by atoms with Gasteiger partial charge in [-0.3, -0.25) is 25.4 Å². The van der Waals surface area contributed by atoms with Crippen LogP contribution in [-0.2, 0) is 0 Å². The maximum Gasteiger partial charge on any atom is 0.271 e. The van der Waals surface area contributed by atoms with Crippen LogP contribution < -0.4 is 10.9 Å². The molecule has 5 heteroatoms. The molecule has 0 radical (unpaired) electrons. The largest absolute Gasteiger partial charge is 0.271 e. The molecule has 19 heavy (non-hydrogen) atoms. The Morgan fingerprint density at radius 2 is 1.68 bits per heavy atom. The fourth-order valence-corrected chi connectivity index (χ4v) is 1.54. The van der Waals surface area contributed by atoms with Crippen molar-refractivity contribution in [3.8, 4) is 0 Å². The highest BCUT2D eigenvalue weighted by Crippen LogP contribution is 2.03. The monoisotopic (exact) mass is 255 g/mol. The van der Waals surface area contributed by atoms with Gasteiger partial charge >= 0.3 is 0 Å². The molecule has 0 spiro atoms. The number of carbonyl (C=O) groups is 2. The highest BCUT2D eigenvalue weighted by atomic mass is 16.2. The molecular formula is C14H13N3O2. The van der Waals surface area contributed by atoms with E-state index in [-0.39, 0.29) is 5.91 Å². The topological polar surface area (TPSA) is 71.1 Å². The molecule has 0 saturated carbocycles. The first kappa shape index (κ1) is 12.8. The van der Waals surface area contributed by atoms with Gasteiger partial charge in [0.15, 0.2) is 0 Å². The minimum atomic E-state index is -0.408. The Morgan fingerprint density at radius 1 is 1.00 bits per heavy atom. The lowest BCUT2D eigenvalue weighted by Crippen LogP contribution is -2.41. The van der Waals surface area contributed by atoms with Gasteiger partial charge in [0.1, 0.15) is 0 Å². The number of hydrazine groups is 1. The second-order valence-corrected chi connectivity index (χ2v) is 4.02. The van der Waals surface area contributed by atoms with E-state index in [1.54, 1.807) is 36.5 Å². The van der Waals surface area contributed by atoms with E-state index in [0.717, 1.165) is 5.56 Å². The van der Waals surface area contributed by atoms with Gasteiger partial charge in [-0.15, -0.1) is 0 Å². The lowest BCUT2D eigenvalue weighted by atomic mass is 10.1. The minimum Gasteiger partial charge on any atom is -0.267 e. The Kier molecular flexibility index (Phi) is 3.87. The van der Waals surface area contributed by atoms with Gasteiger partial charge in [-0.25, -0.2) is 0 Å². The van der Waals surface area contributed by atoms with E-state index in [2.05, 4.69) is 15.8 Å². The predicted octanol–water partition coefficient (Wildman–Crippen LogP) is 1.46. The summed E-state index contributed by atoms with van der Waals surface area (Å²) in [5, 5.41) is 0. The summed E-state index contributed by atoms with van der Waals surface area (Å²) >= 11 is 0. The number of benzene rings is 1. The zero-order valence-corrected chi connectivity index (χ0v) is 10.4. The van der Waals surface area contributed by atoms with Crippen molar-refractivity contribution in [2.75, 3.05) is 0 Å². The van der Waals surface area contributed by atoms with Crippen molar-refractivity contribution in [3.05, 3.63) is 65.5 Å². The van der Waals surface area contributed by atoms with Gasteiger partial charge < -0.3 is 0 Å². The summed E-state index contributed by atoms with van der Waals surface area (Å²) in [6.45, 7) is 1.89. The first-order valence-electron chi connectivity index (χ1n) is 5.74. The normalized spacial score (nSPS) is 9.74. The summed E-state index contributed by atoms with van der Waals surface area (Å²) in [5.74, 6) is -0.768. The summed E-state index contributed by atoms with van der Waals surface area (Å²) in [6.07, 6.45) is 3.00. The molecule has 0 aliphatic rings.